The molecule has 48 heavy (non-hydrogen) atoms. The van der Waals surface area contributed by atoms with Crippen LogP contribution in [0.15, 0.2) is 0 Å². The summed E-state index contributed by atoms with van der Waals surface area (Å²) in [4.78, 5) is 104. The van der Waals surface area contributed by atoms with Gasteiger partial charge in [0.15, 0.2) is 0 Å². The molecule has 0 bridgehead atoms. The summed E-state index contributed by atoms with van der Waals surface area (Å²) >= 11 is 6.32. The Hall–Kier alpha value is 0.235. The first-order chi connectivity index (χ1) is 22.0. The van der Waals surface area contributed by atoms with Crippen LogP contribution < -0.4 is 0 Å². The van der Waals surface area contributed by atoms with Gasteiger partial charge in [0.1, 0.15) is 0 Å². The summed E-state index contributed by atoms with van der Waals surface area (Å²) in [5.41, 5.74) is 0. The van der Waals surface area contributed by atoms with Crippen LogP contribution in [-0.4, -0.2) is 60.6 Å². The van der Waals surface area contributed by atoms with Crippen LogP contribution in [-0.2, 0) is 57.3 Å². The van der Waals surface area contributed by atoms with E-state index in [1.54, 1.807) is 34.6 Å². The van der Waals surface area contributed by atoms with Gasteiger partial charge in [0.05, 0.1) is 47.3 Å². The third-order valence-electron chi connectivity index (χ3n) is 11.1. The summed E-state index contributed by atoms with van der Waals surface area (Å²) in [6.45, 7) is 8.47. The standard InChI is InChI=1S/C27H35B3I3O12P3/c1-9-11(19(36)42-17(9)34)6-26(4,29(32)47)15-13(21(38)45-23(15)40)8-27(5,30(33)48)16-12(20(37)44-24(16)41)7-25(3,28(31)46)14-10(2)18(35)43-22(14)39/h9-16H,6-8,46-48H2,1-5H3. The van der Waals surface area contributed by atoms with E-state index in [2.05, 4.69) is 94.5 Å². The van der Waals surface area contributed by atoms with Crippen molar-refractivity contribution in [1.82, 2.24) is 0 Å². The predicted molar refractivity (Wildman–Crippen MR) is 211 cm³/mol. The topological polar surface area (TPSA) is 173 Å². The quantitative estimate of drug-likeness (QED) is 0.0685. The molecule has 21 heteroatoms. The van der Waals surface area contributed by atoms with Gasteiger partial charge in [0, 0.05) is 0 Å². The molecule has 14 unspecified atom stereocenters. The molecule has 0 radical (unpaired) electrons. The second-order valence-corrected chi connectivity index (χ2v) is 24.2. The average molecular weight is 1060 g/mol. The van der Waals surface area contributed by atoms with Crippen LogP contribution in [0.1, 0.15) is 53.9 Å². The van der Waals surface area contributed by atoms with Crippen LogP contribution in [0.2, 0.25) is 15.9 Å². The molecular formula is C27H35B3I3O12P3. The smallest absolute Gasteiger partial charge is 0.317 e. The number of carbonyl (C=O) groups is 8. The van der Waals surface area contributed by atoms with E-state index in [1.807, 2.05) is 0 Å². The monoisotopic (exact) mass is 1060 g/mol. The van der Waals surface area contributed by atoms with E-state index in [1.165, 1.54) is 0 Å². The minimum absolute atomic E-state index is 0.00727. The van der Waals surface area contributed by atoms with Gasteiger partial charge in [-0.15, -0.1) is 67.1 Å². The molecule has 0 amide bonds. The van der Waals surface area contributed by atoms with E-state index >= 15 is 0 Å². The van der Waals surface area contributed by atoms with Crippen molar-refractivity contribution in [2.75, 3.05) is 0 Å². The van der Waals surface area contributed by atoms with Crippen molar-refractivity contribution in [3.63, 3.8) is 0 Å². The van der Waals surface area contributed by atoms with Crippen LogP contribution in [0, 0.1) is 47.3 Å². The van der Waals surface area contributed by atoms with Gasteiger partial charge >= 0.3 is 47.8 Å². The lowest BCUT2D eigenvalue weighted by molar-refractivity contribution is -0.156. The number of hydrogen-bond donors (Lipinski definition) is 0. The van der Waals surface area contributed by atoms with E-state index in [4.69, 9.17) is 18.9 Å². The maximum Gasteiger partial charge on any atom is 0.317 e. The van der Waals surface area contributed by atoms with Crippen molar-refractivity contribution >= 4 is 155 Å². The maximum absolute atomic E-state index is 13.7. The van der Waals surface area contributed by atoms with Gasteiger partial charge < -0.3 is 18.9 Å². The first-order valence-corrected chi connectivity index (χ1v) is 21.0. The Morgan fingerprint density at radius 3 is 1.06 bits per heavy atom. The van der Waals surface area contributed by atoms with Gasteiger partial charge in [-0.3, -0.25) is 38.4 Å². The van der Waals surface area contributed by atoms with Gasteiger partial charge in [0.2, 0.25) is 12.9 Å². The second kappa shape index (κ2) is 14.9. The molecule has 4 rings (SSSR count). The fraction of sp³-hybridized carbons (Fsp3) is 0.704. The molecule has 12 nitrogen and oxygen atoms in total. The molecule has 4 fully saturated rings. The van der Waals surface area contributed by atoms with Crippen LogP contribution in [0.4, 0.5) is 0 Å². The molecule has 0 N–H and O–H groups in total. The molecule has 0 spiro atoms. The molecule has 4 aliphatic rings. The fourth-order valence-electron chi connectivity index (χ4n) is 7.92. The lowest BCUT2D eigenvalue weighted by Gasteiger charge is -2.44. The van der Waals surface area contributed by atoms with Crippen molar-refractivity contribution in [3.05, 3.63) is 0 Å². The number of hydrogen-bond acceptors (Lipinski definition) is 12. The van der Waals surface area contributed by atoms with Crippen molar-refractivity contribution in [2.24, 2.45) is 47.3 Å². The lowest BCUT2D eigenvalue weighted by atomic mass is 9.47. The highest BCUT2D eigenvalue weighted by Gasteiger charge is 2.65. The largest absolute Gasteiger partial charge is 0.393 e. The molecule has 0 aromatic heterocycles. The Bertz CT molecular complexity index is 1470. The van der Waals surface area contributed by atoms with E-state index in [9.17, 15) is 38.4 Å². The lowest BCUT2D eigenvalue weighted by Crippen LogP contribution is -2.45. The summed E-state index contributed by atoms with van der Waals surface area (Å²) in [6, 6.07) is 0. The van der Waals surface area contributed by atoms with Crippen molar-refractivity contribution in [3.8, 4) is 0 Å². The highest BCUT2D eigenvalue weighted by Crippen LogP contribution is 2.63. The number of halogens is 3. The average Bonchev–Trinajstić information content (AvgIpc) is 3.59. The molecule has 4 heterocycles. The Morgan fingerprint density at radius 2 is 0.750 bits per heavy atom. The number of esters is 8. The van der Waals surface area contributed by atoms with Gasteiger partial charge in [-0.05, 0) is 35.2 Å². The Labute approximate surface area is 326 Å². The summed E-state index contributed by atoms with van der Waals surface area (Å²) in [6.07, 6.45) is -0.0242. The molecule has 0 saturated carbocycles. The zero-order valence-electron chi connectivity index (χ0n) is 26.7. The Kier molecular flexibility index (Phi) is 12.8. The van der Waals surface area contributed by atoms with Crippen molar-refractivity contribution < 1.29 is 57.3 Å². The third-order valence-corrected chi connectivity index (χ3v) is 17.7. The molecule has 4 aliphatic heterocycles. The molecular weight excluding hydrogens is 1020 g/mol. The normalized spacial score (nSPS) is 34.2. The number of rotatable bonds is 12. The van der Waals surface area contributed by atoms with Crippen LogP contribution in [0.3, 0.4) is 0 Å². The number of ether oxygens (including phenoxy) is 4. The zero-order chi connectivity index (χ0) is 36.4. The van der Waals surface area contributed by atoms with Gasteiger partial charge in [0.25, 0.3) is 0 Å². The number of cyclic esters (lactones) is 8. The molecule has 0 aromatic rings. The van der Waals surface area contributed by atoms with Crippen LogP contribution >= 0.6 is 94.5 Å². The van der Waals surface area contributed by atoms with E-state index in [0.717, 1.165) is 0 Å². The molecule has 14 atom stereocenters. The third kappa shape index (κ3) is 7.12. The van der Waals surface area contributed by atoms with Crippen LogP contribution in [0.5, 0.6) is 0 Å². The number of carbonyl (C=O) groups excluding carboxylic acids is 8. The van der Waals surface area contributed by atoms with Gasteiger partial charge in [-0.25, -0.2) is 0 Å². The molecule has 260 valence electrons. The van der Waals surface area contributed by atoms with Gasteiger partial charge in [-0.2, -0.15) is 27.4 Å². The summed E-state index contributed by atoms with van der Waals surface area (Å²) < 4.78 is 19.2. The Morgan fingerprint density at radius 1 is 0.479 bits per heavy atom. The SMILES string of the molecule is CC1C(=O)OC(=O)C1CC(C)(B(P)I)C1C(=O)OC(=O)C1CC(C)(B(P)I)C1C(=O)OC(=O)C1CC(C)(B(P)I)C1C(=O)OC(=O)C1C. The van der Waals surface area contributed by atoms with Crippen LogP contribution in [0.25, 0.3) is 0 Å². The van der Waals surface area contributed by atoms with E-state index in [0.29, 0.717) is 0 Å². The highest BCUT2D eigenvalue weighted by molar-refractivity contribution is 14.1. The molecule has 4 saturated heterocycles. The Balaban J connectivity index is 1.75. The molecule has 0 aliphatic carbocycles. The first-order valence-electron chi connectivity index (χ1n) is 15.2. The van der Waals surface area contributed by atoms with E-state index in [-0.39, 0.29) is 27.8 Å². The second-order valence-electron chi connectivity index (χ2n) is 14.1. The van der Waals surface area contributed by atoms with Gasteiger partial charge in [-0.1, -0.05) is 34.6 Å². The van der Waals surface area contributed by atoms with Crippen molar-refractivity contribution in [2.45, 2.75) is 69.8 Å². The molecule has 0 aromatic carbocycles. The summed E-state index contributed by atoms with van der Waals surface area (Å²) in [5, 5.41) is -3.23. The van der Waals surface area contributed by atoms with E-state index < -0.39 is 115 Å². The first kappa shape index (κ1) is 41.0. The predicted octanol–water partition coefficient (Wildman–Crippen LogP) is 4.14. The minimum atomic E-state index is -1.16. The highest BCUT2D eigenvalue weighted by atomic mass is 127. The summed E-state index contributed by atoms with van der Waals surface area (Å²) in [7, 11) is 7.87. The summed E-state index contributed by atoms with van der Waals surface area (Å²) in [5.74, 6) is -13.4. The fourth-order valence-corrected chi connectivity index (χ4v) is 10.9. The zero-order valence-corrected chi connectivity index (χ0v) is 36.7. The minimum Gasteiger partial charge on any atom is -0.393 e. The maximum atomic E-state index is 13.7. The van der Waals surface area contributed by atoms with Crippen molar-refractivity contribution in [1.29, 1.82) is 0 Å².